The standard InChI is InChI=1S/C10H14S/c1-8(2)11-10-7-5-4-6-9(10)3/h5,7H,1,4,6H2,2-3H3. The normalized spacial score (nSPS) is 17.3. The van der Waals surface area contributed by atoms with Crippen molar-refractivity contribution in [3.8, 4) is 0 Å². The quantitative estimate of drug-likeness (QED) is 0.600. The molecule has 0 aliphatic heterocycles. The van der Waals surface area contributed by atoms with Gasteiger partial charge in [-0.05, 0) is 31.6 Å². The van der Waals surface area contributed by atoms with Crippen molar-refractivity contribution < 1.29 is 0 Å². The van der Waals surface area contributed by atoms with E-state index < -0.39 is 0 Å². The number of hydrogen-bond acceptors (Lipinski definition) is 1. The number of rotatable bonds is 2. The maximum Gasteiger partial charge on any atom is 0.0104 e. The molecule has 1 rings (SSSR count). The fourth-order valence-corrected chi connectivity index (χ4v) is 1.88. The van der Waals surface area contributed by atoms with Crippen molar-refractivity contribution in [3.63, 3.8) is 0 Å². The van der Waals surface area contributed by atoms with Gasteiger partial charge in [-0.3, -0.25) is 0 Å². The summed E-state index contributed by atoms with van der Waals surface area (Å²) < 4.78 is 0. The Morgan fingerprint density at radius 2 is 2.36 bits per heavy atom. The molecule has 11 heavy (non-hydrogen) atoms. The SMILES string of the molecule is C=C(C)SC1=C(C)CCC=C1. The minimum Gasteiger partial charge on any atom is -0.0955 e. The number of allylic oxidation sites excluding steroid dienone is 4. The van der Waals surface area contributed by atoms with E-state index >= 15 is 0 Å². The summed E-state index contributed by atoms with van der Waals surface area (Å²) in [7, 11) is 0. The fourth-order valence-electron chi connectivity index (χ4n) is 1.06. The first-order chi connectivity index (χ1) is 5.20. The van der Waals surface area contributed by atoms with Gasteiger partial charge in [-0.15, -0.1) is 0 Å². The Morgan fingerprint density at radius 3 is 2.91 bits per heavy atom. The summed E-state index contributed by atoms with van der Waals surface area (Å²) in [6.45, 7) is 8.13. The van der Waals surface area contributed by atoms with E-state index in [2.05, 4.69) is 25.7 Å². The van der Waals surface area contributed by atoms with Crippen molar-refractivity contribution in [1.82, 2.24) is 0 Å². The van der Waals surface area contributed by atoms with Crippen LogP contribution in [0, 0.1) is 0 Å². The molecule has 0 fully saturated rings. The van der Waals surface area contributed by atoms with Gasteiger partial charge in [0.2, 0.25) is 0 Å². The molecule has 0 spiro atoms. The molecule has 0 aromatic rings. The zero-order valence-corrected chi connectivity index (χ0v) is 8.00. The van der Waals surface area contributed by atoms with Gasteiger partial charge in [0.1, 0.15) is 0 Å². The molecular formula is C10H14S. The Bertz CT molecular complexity index is 221. The molecule has 1 aliphatic rings. The molecule has 0 radical (unpaired) electrons. The van der Waals surface area contributed by atoms with Crippen LogP contribution < -0.4 is 0 Å². The molecule has 0 aromatic heterocycles. The summed E-state index contributed by atoms with van der Waals surface area (Å²) in [4.78, 5) is 2.56. The Kier molecular flexibility index (Phi) is 3.01. The Morgan fingerprint density at radius 1 is 1.64 bits per heavy atom. The molecule has 0 amide bonds. The average Bonchev–Trinajstić information content (AvgIpc) is 1.93. The van der Waals surface area contributed by atoms with Gasteiger partial charge in [0.15, 0.2) is 0 Å². The van der Waals surface area contributed by atoms with Crippen LogP contribution in [0.15, 0.2) is 34.1 Å². The van der Waals surface area contributed by atoms with Gasteiger partial charge >= 0.3 is 0 Å². The zero-order chi connectivity index (χ0) is 8.27. The summed E-state index contributed by atoms with van der Waals surface area (Å²) >= 11 is 1.78. The van der Waals surface area contributed by atoms with Gasteiger partial charge in [-0.2, -0.15) is 0 Å². The highest BCUT2D eigenvalue weighted by Gasteiger charge is 2.03. The van der Waals surface area contributed by atoms with Crippen LogP contribution in [-0.4, -0.2) is 0 Å². The van der Waals surface area contributed by atoms with Crippen molar-refractivity contribution >= 4 is 11.8 Å². The van der Waals surface area contributed by atoms with Gasteiger partial charge in [0, 0.05) is 4.91 Å². The third-order valence-corrected chi connectivity index (χ3v) is 2.71. The number of thioether (sulfide) groups is 1. The average molecular weight is 166 g/mol. The molecule has 0 heterocycles. The molecule has 0 nitrogen and oxygen atoms in total. The van der Waals surface area contributed by atoms with E-state index in [0.29, 0.717) is 0 Å². The molecule has 0 atom stereocenters. The lowest BCUT2D eigenvalue weighted by molar-refractivity contribution is 0.957. The summed E-state index contributed by atoms with van der Waals surface area (Å²) in [6.07, 6.45) is 6.86. The Hall–Kier alpha value is -0.430. The second kappa shape index (κ2) is 3.82. The van der Waals surface area contributed by atoms with Crippen LogP contribution >= 0.6 is 11.8 Å². The molecule has 0 N–H and O–H groups in total. The second-order valence-electron chi connectivity index (χ2n) is 2.89. The first kappa shape index (κ1) is 8.66. The van der Waals surface area contributed by atoms with Crippen molar-refractivity contribution in [1.29, 1.82) is 0 Å². The Labute approximate surface area is 73.1 Å². The number of hydrogen-bond donors (Lipinski definition) is 0. The van der Waals surface area contributed by atoms with E-state index in [1.807, 2.05) is 6.92 Å². The van der Waals surface area contributed by atoms with E-state index in [1.165, 1.54) is 28.2 Å². The van der Waals surface area contributed by atoms with Crippen LogP contribution in [0.4, 0.5) is 0 Å². The molecule has 0 bridgehead atoms. The summed E-state index contributed by atoms with van der Waals surface area (Å²) in [6, 6.07) is 0. The van der Waals surface area contributed by atoms with Gasteiger partial charge < -0.3 is 0 Å². The lowest BCUT2D eigenvalue weighted by Gasteiger charge is -2.10. The predicted molar refractivity (Wildman–Crippen MR) is 53.5 cm³/mol. The van der Waals surface area contributed by atoms with E-state index in [1.54, 1.807) is 11.8 Å². The topological polar surface area (TPSA) is 0 Å². The smallest absolute Gasteiger partial charge is 0.0104 e. The van der Waals surface area contributed by atoms with Crippen molar-refractivity contribution in [3.05, 3.63) is 34.1 Å². The van der Waals surface area contributed by atoms with Crippen LogP contribution in [0.2, 0.25) is 0 Å². The zero-order valence-electron chi connectivity index (χ0n) is 7.18. The molecule has 0 saturated heterocycles. The lowest BCUT2D eigenvalue weighted by Crippen LogP contribution is -1.87. The van der Waals surface area contributed by atoms with E-state index in [9.17, 15) is 0 Å². The highest BCUT2D eigenvalue weighted by Crippen LogP contribution is 2.31. The third-order valence-electron chi connectivity index (χ3n) is 1.66. The summed E-state index contributed by atoms with van der Waals surface area (Å²) in [5.74, 6) is 0. The van der Waals surface area contributed by atoms with Gasteiger partial charge in [0.05, 0.1) is 0 Å². The molecular weight excluding hydrogens is 152 g/mol. The fraction of sp³-hybridized carbons (Fsp3) is 0.400. The van der Waals surface area contributed by atoms with E-state index in [-0.39, 0.29) is 0 Å². The highest BCUT2D eigenvalue weighted by molar-refractivity contribution is 8.06. The molecule has 1 heteroatoms. The van der Waals surface area contributed by atoms with Crippen LogP contribution in [0.5, 0.6) is 0 Å². The molecule has 60 valence electrons. The van der Waals surface area contributed by atoms with E-state index in [0.717, 1.165) is 0 Å². The third kappa shape index (κ3) is 2.58. The maximum atomic E-state index is 3.88. The highest BCUT2D eigenvalue weighted by atomic mass is 32.2. The minimum absolute atomic E-state index is 1.17. The van der Waals surface area contributed by atoms with Crippen molar-refractivity contribution in [2.75, 3.05) is 0 Å². The van der Waals surface area contributed by atoms with Gasteiger partial charge in [0.25, 0.3) is 0 Å². The summed E-state index contributed by atoms with van der Waals surface area (Å²) in [5, 5.41) is 0. The maximum absolute atomic E-state index is 3.88. The van der Waals surface area contributed by atoms with Crippen LogP contribution in [0.1, 0.15) is 26.7 Å². The van der Waals surface area contributed by atoms with Crippen LogP contribution in [-0.2, 0) is 0 Å². The first-order valence-electron chi connectivity index (χ1n) is 3.90. The Balaban J connectivity index is 2.68. The van der Waals surface area contributed by atoms with Crippen molar-refractivity contribution in [2.45, 2.75) is 26.7 Å². The largest absolute Gasteiger partial charge is 0.0955 e. The molecule has 0 saturated carbocycles. The minimum atomic E-state index is 1.17. The van der Waals surface area contributed by atoms with Gasteiger partial charge in [-0.1, -0.05) is 36.1 Å². The predicted octanol–water partition coefficient (Wildman–Crippen LogP) is 3.88. The summed E-state index contributed by atoms with van der Waals surface area (Å²) in [5.41, 5.74) is 1.50. The second-order valence-corrected chi connectivity index (χ2v) is 4.23. The monoisotopic (exact) mass is 166 g/mol. The molecule has 0 unspecified atom stereocenters. The van der Waals surface area contributed by atoms with Crippen molar-refractivity contribution in [2.24, 2.45) is 0 Å². The molecule has 1 aliphatic carbocycles. The lowest BCUT2D eigenvalue weighted by atomic mass is 10.1. The first-order valence-corrected chi connectivity index (χ1v) is 4.71. The van der Waals surface area contributed by atoms with Crippen LogP contribution in [0.25, 0.3) is 0 Å². The van der Waals surface area contributed by atoms with Crippen LogP contribution in [0.3, 0.4) is 0 Å². The molecule has 0 aromatic carbocycles. The van der Waals surface area contributed by atoms with Gasteiger partial charge in [-0.25, -0.2) is 0 Å². The van der Waals surface area contributed by atoms with E-state index in [4.69, 9.17) is 0 Å².